The third-order valence-electron chi connectivity index (χ3n) is 4.53. The fourth-order valence-corrected chi connectivity index (χ4v) is 3.17. The van der Waals surface area contributed by atoms with Crippen LogP contribution in [0.4, 0.5) is 5.69 Å². The van der Waals surface area contributed by atoms with Gasteiger partial charge in [0.05, 0.1) is 19.9 Å². The number of aryl methyl sites for hydroxylation is 1. The summed E-state index contributed by atoms with van der Waals surface area (Å²) in [5.74, 6) is 0.431. The van der Waals surface area contributed by atoms with Crippen LogP contribution in [0.1, 0.15) is 11.1 Å². The summed E-state index contributed by atoms with van der Waals surface area (Å²) in [6, 6.07) is 16.7. The van der Waals surface area contributed by atoms with Gasteiger partial charge in [-0.3, -0.25) is 4.79 Å². The lowest BCUT2D eigenvalue weighted by atomic mass is 10.0. The van der Waals surface area contributed by atoms with E-state index >= 15 is 0 Å². The lowest BCUT2D eigenvalue weighted by Gasteiger charge is -2.13. The van der Waals surface area contributed by atoms with Crippen molar-refractivity contribution in [1.82, 2.24) is 0 Å². The van der Waals surface area contributed by atoms with Crippen molar-refractivity contribution in [3.8, 4) is 17.6 Å². The minimum absolute atomic E-state index is 0.0608. The number of methoxy groups -OCH3 is 2. The molecule has 0 aliphatic carbocycles. The van der Waals surface area contributed by atoms with Crippen LogP contribution in [0.2, 0.25) is 5.02 Å². The lowest BCUT2D eigenvalue weighted by Crippen LogP contribution is -2.14. The fraction of sp³-hybridized carbons (Fsp3) is 0.130. The van der Waals surface area contributed by atoms with Crippen LogP contribution in [0.5, 0.6) is 11.5 Å². The molecular formula is C23H19ClN2O3. The van der Waals surface area contributed by atoms with Gasteiger partial charge >= 0.3 is 0 Å². The number of carbonyl (C=O) groups excluding carboxylic acids is 1. The summed E-state index contributed by atoms with van der Waals surface area (Å²) < 4.78 is 10.7. The molecule has 0 bridgehead atoms. The summed E-state index contributed by atoms with van der Waals surface area (Å²) in [7, 11) is 3.04. The SMILES string of the molecule is COc1cc(Cl)c(C)cc1NC(=O)/C(C#N)=C/c1c(OC)ccc2ccccc12. The van der Waals surface area contributed by atoms with Gasteiger partial charge < -0.3 is 14.8 Å². The molecular weight excluding hydrogens is 388 g/mol. The smallest absolute Gasteiger partial charge is 0.266 e. The van der Waals surface area contributed by atoms with E-state index in [-0.39, 0.29) is 5.57 Å². The van der Waals surface area contributed by atoms with Crippen LogP contribution in [-0.4, -0.2) is 20.1 Å². The van der Waals surface area contributed by atoms with E-state index < -0.39 is 5.91 Å². The number of hydrogen-bond donors (Lipinski definition) is 1. The highest BCUT2D eigenvalue weighted by molar-refractivity contribution is 6.31. The molecule has 29 heavy (non-hydrogen) atoms. The normalized spacial score (nSPS) is 11.1. The summed E-state index contributed by atoms with van der Waals surface area (Å²) in [6.45, 7) is 1.82. The van der Waals surface area contributed by atoms with Gasteiger partial charge in [0.1, 0.15) is 23.1 Å². The van der Waals surface area contributed by atoms with Crippen LogP contribution in [0.25, 0.3) is 16.8 Å². The Morgan fingerprint density at radius 3 is 2.52 bits per heavy atom. The lowest BCUT2D eigenvalue weighted by molar-refractivity contribution is -0.112. The van der Waals surface area contributed by atoms with Crippen LogP contribution in [0.3, 0.4) is 0 Å². The van der Waals surface area contributed by atoms with E-state index in [1.165, 1.54) is 13.2 Å². The second-order valence-corrected chi connectivity index (χ2v) is 6.74. The Balaban J connectivity index is 2.04. The number of ether oxygens (including phenoxy) is 2. The first-order valence-electron chi connectivity index (χ1n) is 8.81. The molecule has 0 atom stereocenters. The van der Waals surface area contributed by atoms with Crippen molar-refractivity contribution in [3.63, 3.8) is 0 Å². The first-order chi connectivity index (χ1) is 14.0. The fourth-order valence-electron chi connectivity index (χ4n) is 3.01. The predicted octanol–water partition coefficient (Wildman–Crippen LogP) is 5.36. The number of nitrogens with one attached hydrogen (secondary N) is 1. The zero-order chi connectivity index (χ0) is 21.0. The zero-order valence-corrected chi connectivity index (χ0v) is 17.0. The molecule has 1 amide bonds. The van der Waals surface area contributed by atoms with E-state index in [1.807, 2.05) is 49.4 Å². The second-order valence-electron chi connectivity index (χ2n) is 6.33. The highest BCUT2D eigenvalue weighted by Crippen LogP contribution is 2.32. The molecule has 0 unspecified atom stereocenters. The van der Waals surface area contributed by atoms with E-state index in [1.54, 1.807) is 19.2 Å². The number of nitrogens with zero attached hydrogens (tertiary/aromatic N) is 1. The standard InChI is InChI=1S/C23H19ClN2O3/c1-14-10-20(22(29-3)12-19(14)24)26-23(27)16(13-25)11-18-17-7-5-4-6-15(17)8-9-21(18)28-2/h4-12H,1-3H3,(H,26,27)/b16-11+. The monoisotopic (exact) mass is 406 g/mol. The van der Waals surface area contributed by atoms with Crippen LogP contribution in [-0.2, 0) is 4.79 Å². The highest BCUT2D eigenvalue weighted by atomic mass is 35.5. The molecule has 0 aliphatic rings. The van der Waals surface area contributed by atoms with Gasteiger partial charge in [0.25, 0.3) is 5.91 Å². The Kier molecular flexibility index (Phi) is 6.06. The number of carbonyl (C=O) groups is 1. The minimum atomic E-state index is -0.553. The molecule has 146 valence electrons. The molecule has 0 fully saturated rings. The van der Waals surface area contributed by atoms with E-state index in [0.717, 1.165) is 16.3 Å². The van der Waals surface area contributed by atoms with Gasteiger partial charge in [-0.2, -0.15) is 5.26 Å². The summed E-state index contributed by atoms with van der Waals surface area (Å²) in [6.07, 6.45) is 1.53. The van der Waals surface area contributed by atoms with Crippen LogP contribution in [0.15, 0.2) is 54.1 Å². The van der Waals surface area contributed by atoms with E-state index in [2.05, 4.69) is 5.32 Å². The average Bonchev–Trinajstić information content (AvgIpc) is 2.74. The topological polar surface area (TPSA) is 71.3 Å². The molecule has 6 heteroatoms. The van der Waals surface area contributed by atoms with Crippen molar-refractivity contribution in [2.45, 2.75) is 6.92 Å². The molecule has 3 rings (SSSR count). The maximum atomic E-state index is 12.8. The Morgan fingerprint density at radius 1 is 1.10 bits per heavy atom. The van der Waals surface area contributed by atoms with E-state index in [0.29, 0.717) is 27.8 Å². The number of amides is 1. The largest absolute Gasteiger partial charge is 0.496 e. The molecule has 5 nitrogen and oxygen atoms in total. The summed E-state index contributed by atoms with van der Waals surface area (Å²) in [5, 5.41) is 14.7. The number of hydrogen-bond acceptors (Lipinski definition) is 4. The van der Waals surface area contributed by atoms with Crippen molar-refractivity contribution >= 4 is 40.0 Å². The van der Waals surface area contributed by atoms with Crippen molar-refractivity contribution in [2.75, 3.05) is 19.5 Å². The first-order valence-corrected chi connectivity index (χ1v) is 9.19. The molecule has 1 N–H and O–H groups in total. The van der Waals surface area contributed by atoms with Gasteiger partial charge in [-0.15, -0.1) is 0 Å². The molecule has 0 radical (unpaired) electrons. The molecule has 0 aliphatic heterocycles. The Bertz CT molecular complexity index is 1160. The highest BCUT2D eigenvalue weighted by Gasteiger charge is 2.16. The number of halogens is 1. The molecule has 0 aromatic heterocycles. The third-order valence-corrected chi connectivity index (χ3v) is 4.94. The van der Waals surface area contributed by atoms with Crippen molar-refractivity contribution in [2.24, 2.45) is 0 Å². The van der Waals surface area contributed by atoms with Gasteiger partial charge in [0.2, 0.25) is 0 Å². The number of rotatable bonds is 5. The molecule has 3 aromatic rings. The Hall–Kier alpha value is -3.49. The quantitative estimate of drug-likeness (QED) is 0.457. The Morgan fingerprint density at radius 2 is 1.83 bits per heavy atom. The average molecular weight is 407 g/mol. The summed E-state index contributed by atoms with van der Waals surface area (Å²) in [4.78, 5) is 12.8. The Labute approximate surface area is 174 Å². The van der Waals surface area contributed by atoms with E-state index in [9.17, 15) is 10.1 Å². The summed E-state index contributed by atoms with van der Waals surface area (Å²) in [5.41, 5.74) is 1.82. The van der Waals surface area contributed by atoms with Crippen molar-refractivity contribution < 1.29 is 14.3 Å². The molecule has 0 spiro atoms. The molecule has 3 aromatic carbocycles. The molecule has 0 heterocycles. The number of nitriles is 1. The van der Waals surface area contributed by atoms with Crippen LogP contribution in [0, 0.1) is 18.3 Å². The first kappa shape index (κ1) is 20.2. The number of benzene rings is 3. The van der Waals surface area contributed by atoms with Crippen molar-refractivity contribution in [3.05, 3.63) is 70.3 Å². The van der Waals surface area contributed by atoms with Gasteiger partial charge in [0.15, 0.2) is 0 Å². The molecule has 0 saturated carbocycles. The van der Waals surface area contributed by atoms with Crippen LogP contribution >= 0.6 is 11.6 Å². The van der Waals surface area contributed by atoms with Crippen molar-refractivity contribution in [1.29, 1.82) is 5.26 Å². The third kappa shape index (κ3) is 4.18. The van der Waals surface area contributed by atoms with Gasteiger partial charge in [-0.25, -0.2) is 0 Å². The number of anilines is 1. The molecule has 0 saturated heterocycles. The van der Waals surface area contributed by atoms with E-state index in [4.69, 9.17) is 21.1 Å². The minimum Gasteiger partial charge on any atom is -0.496 e. The summed E-state index contributed by atoms with van der Waals surface area (Å²) >= 11 is 6.12. The predicted molar refractivity (Wildman–Crippen MR) is 115 cm³/mol. The maximum absolute atomic E-state index is 12.8. The van der Waals surface area contributed by atoms with Gasteiger partial charge in [0, 0.05) is 16.7 Å². The number of fused-ring (bicyclic) bond motifs is 1. The zero-order valence-electron chi connectivity index (χ0n) is 16.2. The second kappa shape index (κ2) is 8.68. The maximum Gasteiger partial charge on any atom is 0.266 e. The van der Waals surface area contributed by atoms with Gasteiger partial charge in [-0.05, 0) is 41.5 Å². The van der Waals surface area contributed by atoms with Crippen LogP contribution < -0.4 is 14.8 Å². The van der Waals surface area contributed by atoms with Gasteiger partial charge in [-0.1, -0.05) is 41.9 Å².